The number of ether oxygens (including phenoxy) is 1. The molecule has 3 aliphatic rings. The van der Waals surface area contributed by atoms with Gasteiger partial charge in [0.2, 0.25) is 0 Å². The molecule has 0 amide bonds. The molecular weight excluding hydrogens is 416 g/mol. The number of rotatable bonds is 2. The van der Waals surface area contributed by atoms with Crippen molar-refractivity contribution in [3.63, 3.8) is 0 Å². The monoisotopic (exact) mass is 444 g/mol. The van der Waals surface area contributed by atoms with E-state index in [-0.39, 0.29) is 11.8 Å². The Labute approximate surface area is 200 Å². The molecule has 1 fully saturated rings. The van der Waals surface area contributed by atoms with Gasteiger partial charge in [-0.25, -0.2) is 5.01 Å². The quantitative estimate of drug-likeness (QED) is 0.321. The second kappa shape index (κ2) is 7.73. The summed E-state index contributed by atoms with van der Waals surface area (Å²) in [6.45, 7) is 0. The van der Waals surface area contributed by atoms with Crippen LogP contribution in [0.4, 0.5) is 0 Å². The van der Waals surface area contributed by atoms with E-state index >= 15 is 0 Å². The topological polar surface area (TPSA) is 24.8 Å². The van der Waals surface area contributed by atoms with Crippen molar-refractivity contribution >= 4 is 16.5 Å². The minimum absolute atomic E-state index is 0.229. The van der Waals surface area contributed by atoms with Gasteiger partial charge in [-0.2, -0.15) is 5.10 Å². The first kappa shape index (κ1) is 19.8. The molecule has 1 atom stereocenters. The highest BCUT2D eigenvalue weighted by Gasteiger charge is 2.52. The van der Waals surface area contributed by atoms with Crippen LogP contribution < -0.4 is 4.74 Å². The summed E-state index contributed by atoms with van der Waals surface area (Å²) < 4.78 is 6.85. The largest absolute Gasteiger partial charge is 0.466 e. The van der Waals surface area contributed by atoms with Crippen molar-refractivity contribution in [2.75, 3.05) is 0 Å². The molecule has 1 spiro atoms. The van der Waals surface area contributed by atoms with Gasteiger partial charge >= 0.3 is 0 Å². The normalized spacial score (nSPS) is 25.5. The van der Waals surface area contributed by atoms with Crippen molar-refractivity contribution in [2.24, 2.45) is 5.10 Å². The second-order valence-corrected chi connectivity index (χ2v) is 9.91. The summed E-state index contributed by atoms with van der Waals surface area (Å²) in [6, 6.07) is 35.0. The van der Waals surface area contributed by atoms with E-state index < -0.39 is 0 Å². The number of nitrogens with zero attached hydrogens (tertiary/aromatic N) is 2. The fraction of sp³-hybridized carbons (Fsp3) is 0.258. The molecule has 0 saturated heterocycles. The van der Waals surface area contributed by atoms with Crippen LogP contribution in [0.1, 0.15) is 60.8 Å². The Morgan fingerprint density at radius 3 is 2.38 bits per heavy atom. The summed E-state index contributed by atoms with van der Waals surface area (Å²) in [6.07, 6.45) is 5.13. The predicted molar refractivity (Wildman–Crippen MR) is 137 cm³/mol. The molecule has 0 N–H and O–H groups in total. The number of hydrogen-bond acceptors (Lipinski definition) is 3. The lowest BCUT2D eigenvalue weighted by Gasteiger charge is -2.50. The van der Waals surface area contributed by atoms with Crippen molar-refractivity contribution < 1.29 is 4.74 Å². The summed E-state index contributed by atoms with van der Waals surface area (Å²) in [5, 5.41) is 10.2. The molecule has 3 nitrogen and oxygen atoms in total. The Morgan fingerprint density at radius 1 is 0.765 bits per heavy atom. The molecule has 1 saturated carbocycles. The zero-order chi connectivity index (χ0) is 22.5. The van der Waals surface area contributed by atoms with E-state index in [9.17, 15) is 0 Å². The molecular formula is C31H28N2O. The molecule has 3 heteroatoms. The summed E-state index contributed by atoms with van der Waals surface area (Å²) in [5.74, 6) is 1.63. The molecule has 2 heterocycles. The highest BCUT2D eigenvalue weighted by atomic mass is 16.5. The van der Waals surface area contributed by atoms with E-state index in [4.69, 9.17) is 9.84 Å². The van der Waals surface area contributed by atoms with E-state index in [0.29, 0.717) is 5.92 Å². The van der Waals surface area contributed by atoms with Gasteiger partial charge in [-0.15, -0.1) is 0 Å². The Morgan fingerprint density at radius 2 is 1.50 bits per heavy atom. The molecule has 0 bridgehead atoms. The Hall–Kier alpha value is -3.59. The molecule has 0 radical (unpaired) electrons. The number of fused-ring (bicyclic) bond motifs is 5. The summed E-state index contributed by atoms with van der Waals surface area (Å²) in [4.78, 5) is 0. The number of hydrogen-bond donors (Lipinski definition) is 0. The van der Waals surface area contributed by atoms with Crippen molar-refractivity contribution in [3.8, 4) is 5.75 Å². The molecule has 34 heavy (non-hydrogen) atoms. The second-order valence-electron chi connectivity index (χ2n) is 9.91. The van der Waals surface area contributed by atoms with Gasteiger partial charge < -0.3 is 4.74 Å². The van der Waals surface area contributed by atoms with E-state index in [0.717, 1.165) is 37.9 Å². The molecule has 4 aromatic rings. The first-order valence-corrected chi connectivity index (χ1v) is 12.5. The molecule has 1 unspecified atom stereocenters. The molecule has 2 aliphatic heterocycles. The lowest BCUT2D eigenvalue weighted by Crippen LogP contribution is -2.55. The summed E-state index contributed by atoms with van der Waals surface area (Å²) >= 11 is 0. The van der Waals surface area contributed by atoms with Crippen LogP contribution in [0.2, 0.25) is 0 Å². The zero-order valence-electron chi connectivity index (χ0n) is 19.2. The minimum Gasteiger partial charge on any atom is -0.466 e. The Kier molecular flexibility index (Phi) is 4.51. The van der Waals surface area contributed by atoms with Gasteiger partial charge in [0.25, 0.3) is 0 Å². The smallest absolute Gasteiger partial charge is 0.198 e. The van der Waals surface area contributed by atoms with E-state index in [1.807, 2.05) is 0 Å². The third-order valence-corrected chi connectivity index (χ3v) is 8.04. The van der Waals surface area contributed by atoms with Crippen LogP contribution in [0.3, 0.4) is 0 Å². The lowest BCUT2D eigenvalue weighted by molar-refractivity contribution is -0.142. The van der Waals surface area contributed by atoms with Gasteiger partial charge in [0.05, 0.1) is 11.8 Å². The van der Waals surface area contributed by atoms with Crippen molar-refractivity contribution in [1.29, 1.82) is 0 Å². The standard InChI is InChI=1S/C31H28N2O/c1-2-9-22(10-3-1)23-17-19-31(20-18-23)33-29(27-14-6-7-16-30(27)34-31)21-28(32-33)26-15-8-12-24-11-4-5-13-25(24)26/h1-16,23,29H,17-21H2. The third kappa shape index (κ3) is 3.07. The number of benzene rings is 4. The van der Waals surface area contributed by atoms with Gasteiger partial charge in [0.1, 0.15) is 5.75 Å². The van der Waals surface area contributed by atoms with Crippen molar-refractivity contribution in [2.45, 2.75) is 49.8 Å². The molecule has 0 aromatic heterocycles. The fourth-order valence-electron chi connectivity index (χ4n) is 6.33. The molecule has 4 aromatic carbocycles. The lowest BCUT2D eigenvalue weighted by atomic mass is 9.78. The van der Waals surface area contributed by atoms with Crippen molar-refractivity contribution in [3.05, 3.63) is 114 Å². The van der Waals surface area contributed by atoms with Crippen LogP contribution in [0.5, 0.6) is 5.75 Å². The van der Waals surface area contributed by atoms with Crippen LogP contribution in [0, 0.1) is 0 Å². The average Bonchev–Trinajstić information content (AvgIpc) is 3.36. The van der Waals surface area contributed by atoms with E-state index in [1.54, 1.807) is 0 Å². The van der Waals surface area contributed by atoms with Crippen molar-refractivity contribution in [1.82, 2.24) is 5.01 Å². The highest BCUT2D eigenvalue weighted by Crippen LogP contribution is 2.53. The van der Waals surface area contributed by atoms with Crippen LogP contribution in [-0.2, 0) is 0 Å². The maximum Gasteiger partial charge on any atom is 0.198 e. The maximum atomic E-state index is 6.85. The van der Waals surface area contributed by atoms with Crippen LogP contribution in [-0.4, -0.2) is 16.4 Å². The summed E-state index contributed by atoms with van der Waals surface area (Å²) in [5.41, 5.74) is 4.77. The first-order valence-electron chi connectivity index (χ1n) is 12.5. The maximum absolute atomic E-state index is 6.85. The number of para-hydroxylation sites is 1. The SMILES string of the molecule is c1ccc(C2CCC3(CC2)Oc2ccccc2C2CC(c4cccc5ccccc45)=NN23)cc1. The molecule has 7 rings (SSSR count). The summed E-state index contributed by atoms with van der Waals surface area (Å²) in [7, 11) is 0. The average molecular weight is 445 g/mol. The van der Waals surface area contributed by atoms with Gasteiger partial charge in [-0.05, 0) is 41.2 Å². The first-order chi connectivity index (χ1) is 16.8. The molecule has 1 aliphatic carbocycles. The van der Waals surface area contributed by atoms with E-state index in [1.165, 1.54) is 33.2 Å². The van der Waals surface area contributed by atoms with Gasteiger partial charge in [-0.3, -0.25) is 0 Å². The highest BCUT2D eigenvalue weighted by molar-refractivity contribution is 6.11. The third-order valence-electron chi connectivity index (χ3n) is 8.04. The van der Waals surface area contributed by atoms with Crippen LogP contribution >= 0.6 is 0 Å². The number of hydrazone groups is 1. The Bertz CT molecular complexity index is 1380. The van der Waals surface area contributed by atoms with Crippen LogP contribution in [0.25, 0.3) is 10.8 Å². The van der Waals surface area contributed by atoms with Gasteiger partial charge in [0, 0.05) is 30.4 Å². The van der Waals surface area contributed by atoms with E-state index in [2.05, 4.69) is 102 Å². The predicted octanol–water partition coefficient (Wildman–Crippen LogP) is 7.44. The Balaban J connectivity index is 1.28. The fourth-order valence-corrected chi connectivity index (χ4v) is 6.33. The zero-order valence-corrected chi connectivity index (χ0v) is 19.2. The van der Waals surface area contributed by atoms with Gasteiger partial charge in [-0.1, -0.05) is 91.0 Å². The van der Waals surface area contributed by atoms with Gasteiger partial charge in [0.15, 0.2) is 5.72 Å². The van der Waals surface area contributed by atoms with Crippen LogP contribution in [0.15, 0.2) is 102 Å². The molecule has 168 valence electrons. The minimum atomic E-state index is -0.364.